The number of ether oxygens (including phenoxy) is 1. The van der Waals surface area contributed by atoms with Crippen LogP contribution in [-0.4, -0.2) is 24.4 Å². The average molecular weight is 247 g/mol. The molecule has 0 saturated carbocycles. The molecule has 3 nitrogen and oxygen atoms in total. The Kier molecular flexibility index (Phi) is 6.90. The summed E-state index contributed by atoms with van der Waals surface area (Å²) in [4.78, 5) is 3.22. The molecule has 98 valence electrons. The van der Waals surface area contributed by atoms with Gasteiger partial charge >= 0.3 is 0 Å². The van der Waals surface area contributed by atoms with E-state index in [1.54, 1.807) is 0 Å². The van der Waals surface area contributed by atoms with Crippen molar-refractivity contribution in [2.75, 3.05) is 13.2 Å². The van der Waals surface area contributed by atoms with Gasteiger partial charge in [-0.05, 0) is 24.5 Å². The summed E-state index contributed by atoms with van der Waals surface area (Å²) in [7, 11) is 0. The van der Waals surface area contributed by atoms with Crippen molar-refractivity contribution in [2.45, 2.75) is 38.7 Å². The number of aliphatic hydroxyl groups is 1. The van der Waals surface area contributed by atoms with E-state index in [1.807, 2.05) is 18.2 Å². The predicted octanol–water partition coefficient (Wildman–Crippen LogP) is 3.08. The van der Waals surface area contributed by atoms with E-state index in [4.69, 9.17) is 11.3 Å². The Morgan fingerprint density at radius 3 is 2.89 bits per heavy atom. The Morgan fingerprint density at radius 1 is 1.39 bits per heavy atom. The average Bonchev–Trinajstić information content (AvgIpc) is 2.41. The fourth-order valence-electron chi connectivity index (χ4n) is 1.70. The number of hydrogen-bond donors (Lipinski definition) is 1. The number of nitrogens with zero attached hydrogens (tertiary/aromatic N) is 1. The first-order valence-electron chi connectivity index (χ1n) is 6.50. The molecule has 0 amide bonds. The van der Waals surface area contributed by atoms with Gasteiger partial charge in [-0.15, -0.1) is 0 Å². The van der Waals surface area contributed by atoms with Gasteiger partial charge in [0, 0.05) is 6.42 Å². The van der Waals surface area contributed by atoms with Crippen molar-refractivity contribution in [1.82, 2.24) is 0 Å². The van der Waals surface area contributed by atoms with Crippen LogP contribution >= 0.6 is 0 Å². The molecule has 1 atom stereocenters. The molecule has 0 saturated heterocycles. The van der Waals surface area contributed by atoms with Crippen LogP contribution in [0.3, 0.4) is 0 Å². The number of benzene rings is 1. The van der Waals surface area contributed by atoms with Crippen LogP contribution in [0.15, 0.2) is 24.3 Å². The summed E-state index contributed by atoms with van der Waals surface area (Å²) >= 11 is 0. The molecule has 0 aliphatic heterocycles. The molecule has 0 aromatic heterocycles. The Bertz CT molecular complexity index is 384. The van der Waals surface area contributed by atoms with Crippen molar-refractivity contribution in [2.24, 2.45) is 0 Å². The van der Waals surface area contributed by atoms with Crippen molar-refractivity contribution in [3.63, 3.8) is 0 Å². The summed E-state index contributed by atoms with van der Waals surface area (Å²) in [6, 6.07) is 7.95. The summed E-state index contributed by atoms with van der Waals surface area (Å²) in [6.45, 7) is 9.45. The van der Waals surface area contributed by atoms with Gasteiger partial charge in [0.25, 0.3) is 0 Å². The molecule has 1 rings (SSSR count). The highest BCUT2D eigenvalue weighted by molar-refractivity contribution is 5.33. The predicted molar refractivity (Wildman–Crippen MR) is 72.6 cm³/mol. The maximum absolute atomic E-state index is 9.64. The van der Waals surface area contributed by atoms with Crippen molar-refractivity contribution in [3.8, 4) is 5.75 Å². The van der Waals surface area contributed by atoms with Crippen molar-refractivity contribution >= 4 is 0 Å². The van der Waals surface area contributed by atoms with Gasteiger partial charge in [0.1, 0.15) is 12.4 Å². The highest BCUT2D eigenvalue weighted by atomic mass is 16.5. The second-order valence-electron chi connectivity index (χ2n) is 4.35. The first-order chi connectivity index (χ1) is 8.77. The zero-order valence-electron chi connectivity index (χ0n) is 10.9. The Hall–Kier alpha value is -1.53. The van der Waals surface area contributed by atoms with Gasteiger partial charge in [0.05, 0.1) is 6.10 Å². The Balaban J connectivity index is 2.48. The van der Waals surface area contributed by atoms with Gasteiger partial charge in [-0.1, -0.05) is 31.5 Å². The minimum absolute atomic E-state index is 0.263. The van der Waals surface area contributed by atoms with E-state index in [0.29, 0.717) is 13.0 Å². The van der Waals surface area contributed by atoms with Gasteiger partial charge < -0.3 is 14.7 Å². The monoisotopic (exact) mass is 247 g/mol. The van der Waals surface area contributed by atoms with E-state index in [2.05, 4.69) is 17.8 Å². The van der Waals surface area contributed by atoms with E-state index < -0.39 is 6.10 Å². The smallest absolute Gasteiger partial charge is 0.217 e. The number of para-hydroxylation sites is 1. The molecule has 0 aliphatic carbocycles. The normalized spacial score (nSPS) is 11.8. The summed E-state index contributed by atoms with van der Waals surface area (Å²) in [5, 5.41) is 9.64. The van der Waals surface area contributed by atoms with Crippen molar-refractivity contribution in [1.29, 1.82) is 0 Å². The maximum Gasteiger partial charge on any atom is 0.217 e. The third kappa shape index (κ3) is 5.20. The largest absolute Gasteiger partial charge is 0.491 e. The van der Waals surface area contributed by atoms with E-state index >= 15 is 0 Å². The third-order valence-electron chi connectivity index (χ3n) is 2.78. The quantitative estimate of drug-likeness (QED) is 0.716. The molecule has 18 heavy (non-hydrogen) atoms. The van der Waals surface area contributed by atoms with Gasteiger partial charge in [0.2, 0.25) is 6.54 Å². The van der Waals surface area contributed by atoms with Gasteiger partial charge in [-0.25, -0.2) is 6.57 Å². The fourth-order valence-corrected chi connectivity index (χ4v) is 1.70. The molecule has 1 N–H and O–H groups in total. The summed E-state index contributed by atoms with van der Waals surface area (Å²) in [5.74, 6) is 0.854. The zero-order chi connectivity index (χ0) is 13.2. The van der Waals surface area contributed by atoms with Crippen LogP contribution in [0.25, 0.3) is 4.85 Å². The standard InChI is InChI=1S/C15H21NO2/c1-3-4-7-13-8-5-6-9-15(13)18-12-14(17)10-11-16-2/h5-6,8-9,14,17H,3-4,7,10-12H2,1H3. The molecule has 0 aliphatic rings. The molecule has 1 unspecified atom stereocenters. The summed E-state index contributed by atoms with van der Waals surface area (Å²) < 4.78 is 5.64. The second-order valence-corrected chi connectivity index (χ2v) is 4.35. The molecule has 0 heterocycles. The van der Waals surface area contributed by atoms with Crippen LogP contribution < -0.4 is 4.74 Å². The van der Waals surface area contributed by atoms with Gasteiger partial charge in [-0.2, -0.15) is 0 Å². The van der Waals surface area contributed by atoms with Gasteiger partial charge in [-0.3, -0.25) is 0 Å². The lowest BCUT2D eigenvalue weighted by molar-refractivity contribution is 0.103. The minimum atomic E-state index is -0.557. The van der Waals surface area contributed by atoms with Crippen molar-refractivity contribution in [3.05, 3.63) is 41.2 Å². The highest BCUT2D eigenvalue weighted by Gasteiger charge is 2.08. The van der Waals surface area contributed by atoms with E-state index in [1.165, 1.54) is 5.56 Å². The SMILES string of the molecule is [C-]#[N+]CCC(O)COc1ccccc1CCCC. The Labute approximate surface area is 109 Å². The molecule has 0 fully saturated rings. The lowest BCUT2D eigenvalue weighted by Crippen LogP contribution is -2.18. The Morgan fingerprint density at radius 2 is 2.17 bits per heavy atom. The molecule has 1 aromatic rings. The third-order valence-corrected chi connectivity index (χ3v) is 2.78. The molecule has 0 bridgehead atoms. The molecule has 3 heteroatoms. The van der Waals surface area contributed by atoms with Crippen LogP contribution in [0.5, 0.6) is 5.75 Å². The number of aryl methyl sites for hydroxylation is 1. The van der Waals surface area contributed by atoms with Crippen LogP contribution in [-0.2, 0) is 6.42 Å². The minimum Gasteiger partial charge on any atom is -0.491 e. The summed E-state index contributed by atoms with van der Waals surface area (Å²) in [6.07, 6.45) is 3.21. The molecule has 0 radical (unpaired) electrons. The van der Waals surface area contributed by atoms with E-state index in [9.17, 15) is 5.11 Å². The number of rotatable bonds is 8. The maximum atomic E-state index is 9.64. The lowest BCUT2D eigenvalue weighted by atomic mass is 10.1. The van der Waals surface area contributed by atoms with Crippen LogP contribution in [0.2, 0.25) is 0 Å². The molecular formula is C15H21NO2. The fraction of sp³-hybridized carbons (Fsp3) is 0.533. The van der Waals surface area contributed by atoms with E-state index in [0.717, 1.165) is 25.0 Å². The molecule has 1 aromatic carbocycles. The summed E-state index contributed by atoms with van der Waals surface area (Å²) in [5.41, 5.74) is 1.19. The molecular weight excluding hydrogens is 226 g/mol. The van der Waals surface area contributed by atoms with Crippen LogP contribution in [0.1, 0.15) is 31.7 Å². The number of hydrogen-bond acceptors (Lipinski definition) is 2. The highest BCUT2D eigenvalue weighted by Crippen LogP contribution is 2.20. The first kappa shape index (κ1) is 14.5. The van der Waals surface area contributed by atoms with Crippen LogP contribution in [0.4, 0.5) is 0 Å². The zero-order valence-corrected chi connectivity index (χ0v) is 10.9. The molecule has 0 spiro atoms. The lowest BCUT2D eigenvalue weighted by Gasteiger charge is -2.13. The topological polar surface area (TPSA) is 33.8 Å². The number of unbranched alkanes of at least 4 members (excludes halogenated alkanes) is 1. The second kappa shape index (κ2) is 8.54. The first-order valence-corrected chi connectivity index (χ1v) is 6.50. The number of aliphatic hydroxyl groups excluding tert-OH is 1. The van der Waals surface area contributed by atoms with E-state index in [-0.39, 0.29) is 6.61 Å². The van der Waals surface area contributed by atoms with Crippen molar-refractivity contribution < 1.29 is 9.84 Å². The van der Waals surface area contributed by atoms with Crippen LogP contribution in [0, 0.1) is 6.57 Å². The van der Waals surface area contributed by atoms with Gasteiger partial charge in [0.15, 0.2) is 0 Å².